The Morgan fingerprint density at radius 3 is 2.65 bits per heavy atom. The van der Waals surface area contributed by atoms with Crippen molar-refractivity contribution in [1.29, 1.82) is 0 Å². The van der Waals surface area contributed by atoms with Crippen molar-refractivity contribution in [2.75, 3.05) is 0 Å². The predicted molar refractivity (Wildman–Crippen MR) is 122 cm³/mol. The van der Waals surface area contributed by atoms with Gasteiger partial charge in [0.1, 0.15) is 17.1 Å². The maximum Gasteiger partial charge on any atom is 0.155 e. The van der Waals surface area contributed by atoms with Gasteiger partial charge in [0, 0.05) is 17.3 Å². The first-order valence-corrected chi connectivity index (χ1v) is 11.8. The van der Waals surface area contributed by atoms with Gasteiger partial charge in [0.15, 0.2) is 5.78 Å². The smallest absolute Gasteiger partial charge is 0.155 e. The number of para-hydroxylation sites is 1. The molecule has 2 fully saturated rings. The highest BCUT2D eigenvalue weighted by molar-refractivity contribution is 5.92. The van der Waals surface area contributed by atoms with Gasteiger partial charge in [0.25, 0.3) is 0 Å². The Morgan fingerprint density at radius 2 is 1.90 bits per heavy atom. The Morgan fingerprint density at radius 1 is 1.16 bits per heavy atom. The van der Waals surface area contributed by atoms with E-state index in [1.807, 2.05) is 36.4 Å². The summed E-state index contributed by atoms with van der Waals surface area (Å²) in [6, 6.07) is 9.64. The van der Waals surface area contributed by atoms with E-state index in [4.69, 9.17) is 4.74 Å². The zero-order valence-electron chi connectivity index (χ0n) is 19.0. The minimum atomic E-state index is -1.04. The molecule has 3 heteroatoms. The Hall–Kier alpha value is -2.13. The molecule has 0 amide bonds. The second-order valence-corrected chi connectivity index (χ2v) is 10.8. The van der Waals surface area contributed by atoms with Gasteiger partial charge in [-0.15, -0.1) is 0 Å². The van der Waals surface area contributed by atoms with Crippen molar-refractivity contribution in [3.8, 4) is 5.75 Å². The fourth-order valence-electron chi connectivity index (χ4n) is 7.46. The van der Waals surface area contributed by atoms with Crippen LogP contribution in [0.1, 0.15) is 59.3 Å². The van der Waals surface area contributed by atoms with E-state index in [0.717, 1.165) is 31.4 Å². The van der Waals surface area contributed by atoms with E-state index < -0.39 is 5.60 Å². The summed E-state index contributed by atoms with van der Waals surface area (Å²) in [4.78, 5) is 12.2. The molecule has 6 atom stereocenters. The predicted octanol–water partition coefficient (Wildman–Crippen LogP) is 6.01. The van der Waals surface area contributed by atoms with Gasteiger partial charge in [-0.2, -0.15) is 0 Å². The lowest BCUT2D eigenvalue weighted by molar-refractivity contribution is -0.116. The van der Waals surface area contributed by atoms with Crippen molar-refractivity contribution >= 4 is 5.78 Å². The molecule has 0 bridgehead atoms. The molecule has 1 aromatic rings. The summed E-state index contributed by atoms with van der Waals surface area (Å²) in [6.45, 7) is 11.1. The van der Waals surface area contributed by atoms with Crippen molar-refractivity contribution in [2.24, 2.45) is 28.6 Å². The van der Waals surface area contributed by atoms with Crippen LogP contribution in [0.3, 0.4) is 0 Å². The zero-order valence-corrected chi connectivity index (χ0v) is 19.0. The topological polar surface area (TPSA) is 46.5 Å². The number of hydrogen-bond donors (Lipinski definition) is 1. The van der Waals surface area contributed by atoms with Crippen LogP contribution in [-0.4, -0.2) is 16.5 Å². The summed E-state index contributed by atoms with van der Waals surface area (Å²) in [5.41, 5.74) is 1.51. The lowest BCUT2D eigenvalue weighted by Crippen LogP contribution is -2.53. The number of fused-ring (bicyclic) bond motifs is 5. The second-order valence-electron chi connectivity index (χ2n) is 10.8. The number of allylic oxidation sites excluding steroid dienone is 4. The van der Waals surface area contributed by atoms with E-state index in [1.54, 1.807) is 0 Å². The fraction of sp³-hybridized carbons (Fsp3) is 0.536. The van der Waals surface area contributed by atoms with Crippen LogP contribution < -0.4 is 4.74 Å². The molecular weight excluding hydrogens is 384 g/mol. The fourth-order valence-corrected chi connectivity index (χ4v) is 7.46. The van der Waals surface area contributed by atoms with Gasteiger partial charge >= 0.3 is 0 Å². The van der Waals surface area contributed by atoms with Gasteiger partial charge in [0.05, 0.1) is 0 Å². The molecule has 0 unspecified atom stereocenters. The highest BCUT2D eigenvalue weighted by Crippen LogP contribution is 2.67. The maximum absolute atomic E-state index is 12.2. The molecule has 1 aromatic carbocycles. The number of ether oxygens (including phenoxy) is 1. The van der Waals surface area contributed by atoms with E-state index >= 15 is 0 Å². The highest BCUT2D eigenvalue weighted by atomic mass is 16.5. The average molecular weight is 419 g/mol. The quantitative estimate of drug-likeness (QED) is 0.483. The van der Waals surface area contributed by atoms with Crippen LogP contribution in [0.4, 0.5) is 0 Å². The van der Waals surface area contributed by atoms with E-state index in [0.29, 0.717) is 36.4 Å². The van der Waals surface area contributed by atoms with Gasteiger partial charge in [-0.25, -0.2) is 0 Å². The Kier molecular flexibility index (Phi) is 4.64. The Bertz CT molecular complexity index is 989. The number of rotatable bonds is 3. The first kappa shape index (κ1) is 20.8. The molecule has 31 heavy (non-hydrogen) atoms. The second kappa shape index (κ2) is 6.93. The molecule has 2 saturated carbocycles. The van der Waals surface area contributed by atoms with Crippen molar-refractivity contribution in [2.45, 2.75) is 64.9 Å². The number of benzene rings is 1. The van der Waals surface area contributed by atoms with Crippen LogP contribution >= 0.6 is 0 Å². The van der Waals surface area contributed by atoms with Gasteiger partial charge in [0.2, 0.25) is 0 Å². The van der Waals surface area contributed by atoms with Crippen molar-refractivity contribution in [3.05, 3.63) is 66.0 Å². The molecule has 0 saturated heterocycles. The van der Waals surface area contributed by atoms with Gasteiger partial charge in [-0.05, 0) is 68.1 Å². The van der Waals surface area contributed by atoms with Gasteiger partial charge in [-0.1, -0.05) is 62.8 Å². The third-order valence-electron chi connectivity index (χ3n) is 9.26. The summed E-state index contributed by atoms with van der Waals surface area (Å²) >= 11 is 0. The molecule has 164 valence electrons. The largest absolute Gasteiger partial charge is 0.459 e. The number of carbonyl (C=O) groups excluding carboxylic acids is 1. The van der Waals surface area contributed by atoms with Crippen molar-refractivity contribution < 1.29 is 14.6 Å². The van der Waals surface area contributed by atoms with Crippen LogP contribution in [-0.2, 0) is 4.79 Å². The van der Waals surface area contributed by atoms with Gasteiger partial charge in [-0.3, -0.25) is 4.79 Å². The lowest BCUT2D eigenvalue weighted by atomic mass is 9.49. The molecule has 0 aliphatic heterocycles. The first-order valence-electron chi connectivity index (χ1n) is 11.8. The summed E-state index contributed by atoms with van der Waals surface area (Å²) in [5.74, 6) is 2.72. The van der Waals surface area contributed by atoms with E-state index in [1.165, 1.54) is 11.1 Å². The number of aliphatic hydroxyl groups is 1. The van der Waals surface area contributed by atoms with Crippen LogP contribution in [0.2, 0.25) is 0 Å². The monoisotopic (exact) mass is 418 g/mol. The SMILES string of the molecule is C=C(Oc1ccccc1)[C@@]1(O)CC[C@H]2[C@@H]3C[C@H](C)C4=CC(=O)CC[C@]4(C)C3=CC[C@@]21C. The Balaban J connectivity index is 1.49. The van der Waals surface area contributed by atoms with E-state index in [2.05, 4.69) is 33.4 Å². The summed E-state index contributed by atoms with van der Waals surface area (Å²) in [7, 11) is 0. The van der Waals surface area contributed by atoms with Crippen molar-refractivity contribution in [3.63, 3.8) is 0 Å². The maximum atomic E-state index is 12.2. The van der Waals surface area contributed by atoms with Crippen molar-refractivity contribution in [1.82, 2.24) is 0 Å². The standard InChI is InChI=1S/C28H34O3/c1-18-16-22-23(26(3)13-10-20(29)17-25(18)26)11-14-27(4)24(22)12-15-28(27,30)19(2)31-21-8-6-5-7-9-21/h5-9,11,17-18,22,24,30H,2,10,12-16H2,1,3-4H3/t18-,22+,24-,26+,27-,28-/m0/s1. The van der Waals surface area contributed by atoms with Gasteiger partial charge < -0.3 is 9.84 Å². The minimum absolute atomic E-state index is 0.00414. The van der Waals surface area contributed by atoms with Crippen LogP contribution in [0, 0.1) is 28.6 Å². The van der Waals surface area contributed by atoms with Crippen LogP contribution in [0.5, 0.6) is 5.75 Å². The third-order valence-corrected chi connectivity index (χ3v) is 9.26. The molecule has 1 N–H and O–H groups in total. The highest BCUT2D eigenvalue weighted by Gasteiger charge is 2.64. The minimum Gasteiger partial charge on any atom is -0.459 e. The summed E-state index contributed by atoms with van der Waals surface area (Å²) in [6.07, 6.45) is 9.45. The third kappa shape index (κ3) is 2.85. The molecule has 4 aliphatic carbocycles. The number of hydrogen-bond acceptors (Lipinski definition) is 3. The molecule has 5 rings (SSSR count). The average Bonchev–Trinajstić information content (AvgIpc) is 3.02. The molecule has 0 heterocycles. The normalized spacial score (nSPS) is 41.4. The van der Waals surface area contributed by atoms with Crippen LogP contribution in [0.25, 0.3) is 0 Å². The molecule has 4 aliphatic rings. The zero-order chi connectivity index (χ0) is 22.0. The number of ketones is 1. The molecule has 0 aromatic heterocycles. The molecule has 3 nitrogen and oxygen atoms in total. The number of carbonyl (C=O) groups is 1. The lowest BCUT2D eigenvalue weighted by Gasteiger charge is -2.56. The van der Waals surface area contributed by atoms with Crippen LogP contribution in [0.15, 0.2) is 66.0 Å². The molecule has 0 radical (unpaired) electrons. The summed E-state index contributed by atoms with van der Waals surface area (Å²) in [5, 5.41) is 12.0. The Labute approximate surface area is 185 Å². The summed E-state index contributed by atoms with van der Waals surface area (Å²) < 4.78 is 6.08. The van der Waals surface area contributed by atoms with E-state index in [9.17, 15) is 9.90 Å². The molecular formula is C28H34O3. The van der Waals surface area contributed by atoms with E-state index in [-0.39, 0.29) is 16.6 Å². The first-order chi connectivity index (χ1) is 14.7. The molecule has 0 spiro atoms.